The summed E-state index contributed by atoms with van der Waals surface area (Å²) in [7, 11) is 1.39. The monoisotopic (exact) mass is 657 g/mol. The first-order valence-electron chi connectivity index (χ1n) is 12.4. The Kier molecular flexibility index (Phi) is 5.91. The Morgan fingerprint density at radius 3 is 2.64 bits per heavy atom. The molecule has 0 radical (unpaired) electrons. The van der Waals surface area contributed by atoms with Crippen LogP contribution in [0.15, 0.2) is 31.6 Å². The smallest absolute Gasteiger partial charge is 0.189 e. The fraction of sp³-hybridized carbons (Fsp3) is 0.370. The minimum atomic E-state index is -1.26. The fourth-order valence-corrected chi connectivity index (χ4v) is 7.52. The molecule has 6 aliphatic rings. The van der Waals surface area contributed by atoms with Gasteiger partial charge in [0.1, 0.15) is 34.7 Å². The van der Waals surface area contributed by atoms with Gasteiger partial charge in [0.05, 0.1) is 36.2 Å². The van der Waals surface area contributed by atoms with Crippen molar-refractivity contribution < 1.29 is 34.4 Å². The van der Waals surface area contributed by atoms with Crippen LogP contribution in [0.3, 0.4) is 0 Å². The van der Waals surface area contributed by atoms with Crippen molar-refractivity contribution in [2.24, 2.45) is 20.9 Å². The number of aliphatic hydroxyl groups is 3. The number of rotatable bonds is 3. The van der Waals surface area contributed by atoms with Crippen molar-refractivity contribution in [1.29, 1.82) is 0 Å². The summed E-state index contributed by atoms with van der Waals surface area (Å²) in [5.74, 6) is -0.979. The Morgan fingerprint density at radius 2 is 1.90 bits per heavy atom. The molecule has 0 aromatic heterocycles. The average molecular weight is 659 g/mol. The van der Waals surface area contributed by atoms with Crippen LogP contribution in [0.2, 0.25) is 0 Å². The summed E-state index contributed by atoms with van der Waals surface area (Å²) in [6, 6.07) is 0. The predicted molar refractivity (Wildman–Crippen MR) is 150 cm³/mol. The summed E-state index contributed by atoms with van der Waals surface area (Å²) >= 11 is 7.22. The first-order valence-corrected chi connectivity index (χ1v) is 14.0. The number of ketones is 2. The van der Waals surface area contributed by atoms with Gasteiger partial charge in [-0.1, -0.05) is 15.9 Å². The summed E-state index contributed by atoms with van der Waals surface area (Å²) in [6.07, 6.45) is 0.189. The standard InChI is InChI=1S/C27H21Br2N3O7/c1-38-26-16(7-33)39-25(23(36)24(26)37)9-4-10-14(5-13(9)28)31-22-18(10)19-12(6-30-27(19)29)17-11-2-8(34)3-15(35)20(11)32-21(17)22/h2,5-6,9,16,23-26,33,36-37H,3-4,7H2,1H3. The minimum absolute atomic E-state index is 0.206. The third kappa shape index (κ3) is 3.52. The maximum atomic E-state index is 12.7. The van der Waals surface area contributed by atoms with Gasteiger partial charge in [-0.3, -0.25) is 9.59 Å². The quantitative estimate of drug-likeness (QED) is 0.318. The lowest BCUT2D eigenvalue weighted by atomic mass is 9.80. The molecule has 1 fully saturated rings. The molecule has 6 atom stereocenters. The molecule has 4 heterocycles. The highest BCUT2D eigenvalue weighted by molar-refractivity contribution is 9.14. The van der Waals surface area contributed by atoms with E-state index >= 15 is 0 Å². The number of carbonyl (C=O) groups excluding carboxylic acids is 2. The average Bonchev–Trinajstić information content (AvgIpc) is 3.58. The Bertz CT molecular complexity index is 1690. The summed E-state index contributed by atoms with van der Waals surface area (Å²) in [6.45, 7) is -0.380. The second-order valence-electron chi connectivity index (χ2n) is 10.2. The Balaban J connectivity index is 1.41. The largest absolute Gasteiger partial charge is 0.394 e. The van der Waals surface area contributed by atoms with Gasteiger partial charge in [-0.05, 0) is 40.1 Å². The molecule has 0 saturated carbocycles. The van der Waals surface area contributed by atoms with Crippen LogP contribution in [0, 0.1) is 5.92 Å². The molecule has 3 N–H and O–H groups in total. The molecule has 6 unspecified atom stereocenters. The fourth-order valence-electron chi connectivity index (χ4n) is 6.36. The Morgan fingerprint density at radius 1 is 1.10 bits per heavy atom. The SMILES string of the molecule is COC1C(CO)OC(C2CC3=c4c(c5c(c6c4=C(Br)N=C6)C4=CC(=O)CC(=O)C4=N5)N=C3C=C2Br)C(O)C1O. The number of carbonyl (C=O) groups is 2. The molecule has 1 aromatic carbocycles. The molecule has 10 nitrogen and oxygen atoms in total. The van der Waals surface area contributed by atoms with E-state index in [2.05, 4.69) is 41.8 Å². The zero-order valence-electron chi connectivity index (χ0n) is 20.4. The van der Waals surface area contributed by atoms with E-state index in [4.69, 9.17) is 14.5 Å². The molecule has 12 heteroatoms. The van der Waals surface area contributed by atoms with Crippen LogP contribution in [-0.4, -0.2) is 88.8 Å². The summed E-state index contributed by atoms with van der Waals surface area (Å²) < 4.78 is 12.7. The lowest BCUT2D eigenvalue weighted by Crippen LogP contribution is -2.61. The molecular weight excluding hydrogens is 638 g/mol. The number of methoxy groups -OCH3 is 1. The molecule has 0 amide bonds. The number of Topliss-reactive ketones (excluding diaryl/α,β-unsaturated/α-hetero) is 1. The molecule has 2 aliphatic carbocycles. The highest BCUT2D eigenvalue weighted by Gasteiger charge is 2.49. The number of hydrogen-bond acceptors (Lipinski definition) is 10. The topological polar surface area (TPSA) is 150 Å². The molecule has 1 saturated heterocycles. The number of aliphatic imine (C=N–C) groups is 3. The van der Waals surface area contributed by atoms with Crippen LogP contribution in [-0.2, 0) is 19.1 Å². The second kappa shape index (κ2) is 9.03. The summed E-state index contributed by atoms with van der Waals surface area (Å²) in [5, 5.41) is 33.2. The molecule has 1 aromatic rings. The van der Waals surface area contributed by atoms with Crippen molar-refractivity contribution in [1.82, 2.24) is 0 Å². The van der Waals surface area contributed by atoms with Crippen LogP contribution >= 0.6 is 31.9 Å². The normalized spacial score (nSPS) is 32.3. The third-order valence-electron chi connectivity index (χ3n) is 8.12. The Labute approximate surface area is 238 Å². The van der Waals surface area contributed by atoms with E-state index in [1.54, 1.807) is 6.21 Å². The van der Waals surface area contributed by atoms with Gasteiger partial charge in [-0.2, -0.15) is 0 Å². The van der Waals surface area contributed by atoms with Crippen molar-refractivity contribution >= 4 is 88.2 Å². The van der Waals surface area contributed by atoms with Gasteiger partial charge >= 0.3 is 0 Å². The highest BCUT2D eigenvalue weighted by atomic mass is 79.9. The van der Waals surface area contributed by atoms with Gasteiger partial charge in [-0.15, -0.1) is 0 Å². The zero-order chi connectivity index (χ0) is 27.3. The number of hydrogen-bond donors (Lipinski definition) is 3. The molecule has 200 valence electrons. The number of ether oxygens (including phenoxy) is 2. The Hall–Kier alpha value is -2.45. The van der Waals surface area contributed by atoms with Crippen LogP contribution < -0.4 is 10.4 Å². The van der Waals surface area contributed by atoms with Crippen LogP contribution in [0.5, 0.6) is 0 Å². The number of fused-ring (bicyclic) bond motifs is 9. The van der Waals surface area contributed by atoms with E-state index in [1.807, 2.05) is 6.08 Å². The van der Waals surface area contributed by atoms with Crippen molar-refractivity contribution in [2.45, 2.75) is 43.4 Å². The van der Waals surface area contributed by atoms with Crippen molar-refractivity contribution in [3.63, 3.8) is 0 Å². The van der Waals surface area contributed by atoms with Gasteiger partial charge in [0.15, 0.2) is 11.6 Å². The number of nitrogens with zero attached hydrogens (tertiary/aromatic N) is 3. The van der Waals surface area contributed by atoms with Crippen molar-refractivity contribution in [3.05, 3.63) is 38.2 Å². The van der Waals surface area contributed by atoms with E-state index in [0.717, 1.165) is 26.1 Å². The number of halogens is 2. The lowest BCUT2D eigenvalue weighted by molar-refractivity contribution is -0.243. The van der Waals surface area contributed by atoms with Crippen LogP contribution in [0.1, 0.15) is 24.0 Å². The zero-order valence-corrected chi connectivity index (χ0v) is 23.6. The van der Waals surface area contributed by atoms with Crippen molar-refractivity contribution in [3.8, 4) is 0 Å². The lowest BCUT2D eigenvalue weighted by Gasteiger charge is -2.45. The molecular formula is C27H21Br2N3O7. The molecule has 0 bridgehead atoms. The van der Waals surface area contributed by atoms with E-state index < -0.39 is 36.4 Å². The van der Waals surface area contributed by atoms with Gasteiger partial charge in [0, 0.05) is 50.9 Å². The maximum Gasteiger partial charge on any atom is 0.189 e. The summed E-state index contributed by atoms with van der Waals surface area (Å²) in [4.78, 5) is 39.1. The first-order chi connectivity index (χ1) is 18.7. The molecule has 4 aliphatic heterocycles. The van der Waals surface area contributed by atoms with Gasteiger partial charge in [0.2, 0.25) is 0 Å². The van der Waals surface area contributed by atoms with E-state index in [-0.39, 0.29) is 30.3 Å². The molecule has 0 spiro atoms. The third-order valence-corrected chi connectivity index (χ3v) is 9.54. The summed E-state index contributed by atoms with van der Waals surface area (Å²) in [5.41, 5.74) is 4.90. The number of benzene rings is 1. The maximum absolute atomic E-state index is 12.7. The molecule has 39 heavy (non-hydrogen) atoms. The van der Waals surface area contributed by atoms with E-state index in [9.17, 15) is 24.9 Å². The van der Waals surface area contributed by atoms with E-state index in [1.165, 1.54) is 13.2 Å². The van der Waals surface area contributed by atoms with E-state index in [0.29, 0.717) is 39.3 Å². The van der Waals surface area contributed by atoms with Gasteiger partial charge < -0.3 is 24.8 Å². The van der Waals surface area contributed by atoms with Crippen LogP contribution in [0.4, 0.5) is 11.4 Å². The first kappa shape index (κ1) is 25.5. The molecule has 7 rings (SSSR count). The van der Waals surface area contributed by atoms with Gasteiger partial charge in [-0.25, -0.2) is 15.0 Å². The number of allylic oxidation sites excluding steroid dienone is 3. The second-order valence-corrected chi connectivity index (χ2v) is 11.9. The minimum Gasteiger partial charge on any atom is -0.394 e. The predicted octanol–water partition coefficient (Wildman–Crippen LogP) is 0.623. The van der Waals surface area contributed by atoms with Gasteiger partial charge in [0.25, 0.3) is 0 Å². The highest BCUT2D eigenvalue weighted by Crippen LogP contribution is 2.47. The van der Waals surface area contributed by atoms with Crippen molar-refractivity contribution in [2.75, 3.05) is 13.7 Å². The number of aliphatic hydroxyl groups excluding tert-OH is 3. The van der Waals surface area contributed by atoms with Crippen LogP contribution in [0.25, 0.3) is 15.8 Å².